The average molecular weight is 466 g/mol. The van der Waals surface area contributed by atoms with Gasteiger partial charge >= 0.3 is 0 Å². The van der Waals surface area contributed by atoms with Crippen LogP contribution >= 0.6 is 0 Å². The Morgan fingerprint density at radius 2 is 1.59 bits per heavy atom. The number of sulfonamides is 1. The lowest BCUT2D eigenvalue weighted by Gasteiger charge is -2.30. The van der Waals surface area contributed by atoms with Crippen LogP contribution in [0.4, 0.5) is 0 Å². The van der Waals surface area contributed by atoms with Crippen molar-refractivity contribution in [3.63, 3.8) is 0 Å². The molecule has 0 unspecified atom stereocenters. The van der Waals surface area contributed by atoms with Crippen molar-refractivity contribution >= 4 is 29.1 Å². The van der Waals surface area contributed by atoms with Gasteiger partial charge < -0.3 is 0 Å². The molecule has 2 aromatic carbocycles. The average Bonchev–Trinajstić information content (AvgIpc) is 2.93. The van der Waals surface area contributed by atoms with Gasteiger partial charge in [0, 0.05) is 19.0 Å². The highest BCUT2D eigenvalue weighted by atomic mass is 32.2. The molecule has 168 valence electrons. The molecule has 1 aliphatic carbocycles. The summed E-state index contributed by atoms with van der Waals surface area (Å²) in [4.78, 5) is 13.3. The number of rotatable bonds is 4. The standard InChI is InChI=1S/C26H31NO3SSi/c1-18-11-13-21(14-12-18)31(29,30)27-16-15-24(32(4,5)22-9-7-6-8-10-22)25-20(3)26(28)19(2)23(25)17-27/h6-14,20H,15-17H2,1-5H3/t20-/m0/s1. The molecule has 6 heteroatoms. The van der Waals surface area contributed by atoms with Gasteiger partial charge in [-0.3, -0.25) is 4.79 Å². The van der Waals surface area contributed by atoms with Crippen molar-refractivity contribution < 1.29 is 13.2 Å². The molecule has 0 saturated heterocycles. The van der Waals surface area contributed by atoms with Crippen molar-refractivity contribution in [2.45, 2.75) is 45.2 Å². The number of ketones is 1. The third kappa shape index (κ3) is 3.74. The minimum atomic E-state index is -3.66. The van der Waals surface area contributed by atoms with E-state index in [1.807, 2.05) is 39.0 Å². The molecule has 1 heterocycles. The minimum absolute atomic E-state index is 0.125. The van der Waals surface area contributed by atoms with Crippen LogP contribution in [0, 0.1) is 12.8 Å². The van der Waals surface area contributed by atoms with E-state index in [1.54, 1.807) is 16.4 Å². The molecule has 4 nitrogen and oxygen atoms in total. The lowest BCUT2D eigenvalue weighted by molar-refractivity contribution is -0.117. The molecule has 2 aliphatic rings. The van der Waals surface area contributed by atoms with Gasteiger partial charge in [-0.05, 0) is 49.1 Å². The molecule has 0 saturated carbocycles. The summed E-state index contributed by atoms with van der Waals surface area (Å²) in [6, 6.07) is 17.5. The van der Waals surface area contributed by atoms with Crippen molar-refractivity contribution in [2.24, 2.45) is 5.92 Å². The highest BCUT2D eigenvalue weighted by molar-refractivity contribution is 7.89. The van der Waals surface area contributed by atoms with E-state index in [-0.39, 0.29) is 18.2 Å². The number of Topliss-reactive ketones (excluding diaryl/α,β-unsaturated/α-hetero) is 1. The molecule has 0 N–H and O–H groups in total. The number of carbonyl (C=O) groups is 1. The van der Waals surface area contributed by atoms with E-state index in [1.165, 1.54) is 10.4 Å². The van der Waals surface area contributed by atoms with Gasteiger partial charge in [0.2, 0.25) is 10.0 Å². The highest BCUT2D eigenvalue weighted by Crippen LogP contribution is 2.42. The summed E-state index contributed by atoms with van der Waals surface area (Å²) < 4.78 is 28.7. The van der Waals surface area contributed by atoms with Crippen LogP contribution in [-0.2, 0) is 14.8 Å². The molecule has 0 bridgehead atoms. The Balaban J connectivity index is 1.82. The molecule has 0 aromatic heterocycles. The van der Waals surface area contributed by atoms with Crippen LogP contribution in [0.5, 0.6) is 0 Å². The van der Waals surface area contributed by atoms with E-state index in [0.29, 0.717) is 23.4 Å². The van der Waals surface area contributed by atoms with Gasteiger partial charge in [0.05, 0.1) is 4.90 Å². The number of allylic oxidation sites excluding steroid dienone is 1. The predicted molar refractivity (Wildman–Crippen MR) is 132 cm³/mol. The number of aryl methyl sites for hydroxylation is 1. The smallest absolute Gasteiger partial charge is 0.243 e. The second-order valence-electron chi connectivity index (χ2n) is 9.47. The predicted octanol–water partition coefficient (Wildman–Crippen LogP) is 4.38. The highest BCUT2D eigenvalue weighted by Gasteiger charge is 2.43. The molecule has 32 heavy (non-hydrogen) atoms. The van der Waals surface area contributed by atoms with Crippen molar-refractivity contribution in [3.05, 3.63) is 82.1 Å². The van der Waals surface area contributed by atoms with Crippen LogP contribution in [0.2, 0.25) is 13.1 Å². The van der Waals surface area contributed by atoms with E-state index in [2.05, 4.69) is 37.4 Å². The normalized spacial score (nSPS) is 20.5. The topological polar surface area (TPSA) is 54.5 Å². The van der Waals surface area contributed by atoms with Gasteiger partial charge in [0.25, 0.3) is 0 Å². The summed E-state index contributed by atoms with van der Waals surface area (Å²) >= 11 is 0. The fourth-order valence-electron chi connectivity index (χ4n) is 5.08. The number of hydrogen-bond acceptors (Lipinski definition) is 3. The number of fused-ring (bicyclic) bond motifs is 1. The first kappa shape index (κ1) is 22.9. The monoisotopic (exact) mass is 465 g/mol. The van der Waals surface area contributed by atoms with Crippen LogP contribution in [-0.4, -0.2) is 39.7 Å². The molecule has 0 amide bonds. The molecular weight excluding hydrogens is 434 g/mol. The van der Waals surface area contributed by atoms with Gasteiger partial charge in [-0.25, -0.2) is 8.42 Å². The van der Waals surface area contributed by atoms with E-state index in [4.69, 9.17) is 0 Å². The first-order valence-corrected chi connectivity index (χ1v) is 15.6. The van der Waals surface area contributed by atoms with Crippen LogP contribution in [0.3, 0.4) is 0 Å². The third-order valence-corrected chi connectivity index (χ3v) is 12.8. The molecule has 4 rings (SSSR count). The zero-order valence-corrected chi connectivity index (χ0v) is 21.3. The van der Waals surface area contributed by atoms with Crippen molar-refractivity contribution in [1.82, 2.24) is 4.31 Å². The Kier molecular flexibility index (Phi) is 5.90. The van der Waals surface area contributed by atoms with E-state index in [9.17, 15) is 13.2 Å². The molecular formula is C26H31NO3SSi. The van der Waals surface area contributed by atoms with Gasteiger partial charge in [-0.1, -0.05) is 78.4 Å². The quantitative estimate of drug-likeness (QED) is 0.630. The second-order valence-corrected chi connectivity index (χ2v) is 15.8. The van der Waals surface area contributed by atoms with Crippen LogP contribution in [0.1, 0.15) is 25.8 Å². The fraction of sp³-hybridized carbons (Fsp3) is 0.346. The van der Waals surface area contributed by atoms with Gasteiger partial charge in [0.1, 0.15) is 8.07 Å². The Labute approximate surface area is 192 Å². The fourth-order valence-corrected chi connectivity index (χ4v) is 9.65. The zero-order valence-electron chi connectivity index (χ0n) is 19.5. The van der Waals surface area contributed by atoms with Crippen LogP contribution in [0.15, 0.2) is 81.4 Å². The molecule has 0 spiro atoms. The first-order valence-electron chi connectivity index (χ1n) is 11.2. The maximum atomic E-state index is 13.5. The lowest BCUT2D eigenvalue weighted by atomic mass is 9.99. The molecule has 0 fully saturated rings. The SMILES string of the molecule is CC1=C2CN(S(=O)(=O)c3ccc(C)cc3)CCC([Si](C)(C)c3ccccc3)=C2[C@H](C)C1=O. The summed E-state index contributed by atoms with van der Waals surface area (Å²) in [6.45, 7) is 11.1. The maximum Gasteiger partial charge on any atom is 0.243 e. The Bertz CT molecular complexity index is 1230. The summed E-state index contributed by atoms with van der Waals surface area (Å²) in [5, 5.41) is 2.61. The van der Waals surface area contributed by atoms with Gasteiger partial charge in [-0.2, -0.15) is 4.31 Å². The molecule has 1 aliphatic heterocycles. The Hall–Kier alpha value is -2.28. The maximum absolute atomic E-state index is 13.5. The molecule has 1 atom stereocenters. The third-order valence-electron chi connectivity index (χ3n) is 7.15. The second kappa shape index (κ2) is 8.25. The van der Waals surface area contributed by atoms with Crippen LogP contribution < -0.4 is 5.19 Å². The van der Waals surface area contributed by atoms with E-state index in [0.717, 1.165) is 16.7 Å². The van der Waals surface area contributed by atoms with E-state index < -0.39 is 18.1 Å². The van der Waals surface area contributed by atoms with Crippen LogP contribution in [0.25, 0.3) is 0 Å². The van der Waals surface area contributed by atoms with Crippen molar-refractivity contribution in [3.8, 4) is 0 Å². The Morgan fingerprint density at radius 3 is 2.22 bits per heavy atom. The summed E-state index contributed by atoms with van der Waals surface area (Å²) in [7, 11) is -5.76. The van der Waals surface area contributed by atoms with Gasteiger partial charge in [-0.15, -0.1) is 0 Å². The summed E-state index contributed by atoms with van der Waals surface area (Å²) in [5.41, 5.74) is 3.76. The first-order chi connectivity index (χ1) is 15.0. The van der Waals surface area contributed by atoms with E-state index >= 15 is 0 Å². The lowest BCUT2D eigenvalue weighted by Crippen LogP contribution is -2.45. The number of hydrogen-bond donors (Lipinski definition) is 0. The van der Waals surface area contributed by atoms with Crippen molar-refractivity contribution in [2.75, 3.05) is 13.1 Å². The van der Waals surface area contributed by atoms with Crippen molar-refractivity contribution in [1.29, 1.82) is 0 Å². The summed E-state index contributed by atoms with van der Waals surface area (Å²) in [5.74, 6) is -0.0857. The zero-order chi connectivity index (χ0) is 23.3. The molecule has 0 radical (unpaired) electrons. The number of benzene rings is 2. The Morgan fingerprint density at radius 1 is 0.969 bits per heavy atom. The number of nitrogens with zero attached hydrogens (tertiary/aromatic N) is 1. The van der Waals surface area contributed by atoms with Gasteiger partial charge in [0.15, 0.2) is 5.78 Å². The summed E-state index contributed by atoms with van der Waals surface area (Å²) in [6.07, 6.45) is 0.656. The largest absolute Gasteiger partial charge is 0.294 e. The minimum Gasteiger partial charge on any atom is -0.294 e. The number of carbonyl (C=O) groups excluding carboxylic acids is 1. The molecule has 2 aromatic rings.